The molecule has 0 unspecified atom stereocenters. The van der Waals surface area contributed by atoms with Crippen LogP contribution in [-0.2, 0) is 20.0 Å². The zero-order valence-electron chi connectivity index (χ0n) is 16.6. The van der Waals surface area contributed by atoms with Crippen molar-refractivity contribution in [1.29, 1.82) is 0 Å². The van der Waals surface area contributed by atoms with Crippen LogP contribution in [-0.4, -0.2) is 47.4 Å². The van der Waals surface area contributed by atoms with Crippen LogP contribution in [0.5, 0.6) is 0 Å². The molecule has 1 aromatic carbocycles. The summed E-state index contributed by atoms with van der Waals surface area (Å²) >= 11 is 0. The minimum atomic E-state index is -4.54. The van der Waals surface area contributed by atoms with Crippen LogP contribution < -0.4 is 21.3 Å². The average molecular weight is 467 g/mol. The monoisotopic (exact) mass is 466 g/mol. The lowest BCUT2D eigenvalue weighted by Crippen LogP contribution is -2.33. The van der Waals surface area contributed by atoms with Gasteiger partial charge in [-0.25, -0.2) is 36.7 Å². The molecule has 1 aliphatic heterocycles. The summed E-state index contributed by atoms with van der Waals surface area (Å²) in [5.41, 5.74) is 11.9. The number of sulfonamides is 2. The molecule has 0 radical (unpaired) electrons. The number of azo groups is 1. The Bertz CT molecular complexity index is 1260. The fraction of sp³-hybridized carbons (Fsp3) is 0.294. The maximum atomic E-state index is 13.0. The highest BCUT2D eigenvalue weighted by molar-refractivity contribution is 7.92. The number of hydrogen-bond donors (Lipinski definition) is 4. The molecule has 1 aliphatic rings. The fourth-order valence-electron chi connectivity index (χ4n) is 2.86. The van der Waals surface area contributed by atoms with Gasteiger partial charge in [0, 0.05) is 18.3 Å². The molecule has 166 valence electrons. The predicted octanol–water partition coefficient (Wildman–Crippen LogP) is 0.0212. The van der Waals surface area contributed by atoms with E-state index in [1.54, 1.807) is 13.0 Å². The summed E-state index contributed by atoms with van der Waals surface area (Å²) in [6, 6.07) is 5.73. The first kappa shape index (κ1) is 22.9. The lowest BCUT2D eigenvalue weighted by Gasteiger charge is -2.18. The molecule has 31 heavy (non-hydrogen) atoms. The Morgan fingerprint density at radius 2 is 1.90 bits per heavy atom. The van der Waals surface area contributed by atoms with Crippen LogP contribution >= 0.6 is 0 Å². The average Bonchev–Trinajstić information content (AvgIpc) is 3.25. The summed E-state index contributed by atoms with van der Waals surface area (Å²) in [4.78, 5) is 6.93. The van der Waals surface area contributed by atoms with Crippen LogP contribution in [0.25, 0.3) is 11.1 Å². The van der Waals surface area contributed by atoms with Crippen LogP contribution in [0.4, 0.5) is 5.82 Å². The van der Waals surface area contributed by atoms with E-state index in [0.29, 0.717) is 11.1 Å². The van der Waals surface area contributed by atoms with Crippen LogP contribution in [0, 0.1) is 5.92 Å². The van der Waals surface area contributed by atoms with Gasteiger partial charge in [0.25, 0.3) is 0 Å². The van der Waals surface area contributed by atoms with Crippen molar-refractivity contribution in [2.45, 2.75) is 16.7 Å². The van der Waals surface area contributed by atoms with E-state index in [4.69, 9.17) is 16.6 Å². The Morgan fingerprint density at radius 3 is 2.45 bits per heavy atom. The Hall–Kier alpha value is -2.78. The van der Waals surface area contributed by atoms with Gasteiger partial charge < -0.3 is 11.5 Å². The molecule has 0 bridgehead atoms. The van der Waals surface area contributed by atoms with Crippen molar-refractivity contribution in [2.24, 2.45) is 32.0 Å². The lowest BCUT2D eigenvalue weighted by atomic mass is 10.00. The minimum Gasteiger partial charge on any atom is -0.384 e. The highest BCUT2D eigenvalue weighted by Crippen LogP contribution is 2.34. The van der Waals surface area contributed by atoms with Crippen LogP contribution in [0.1, 0.15) is 12.5 Å². The van der Waals surface area contributed by atoms with Crippen LogP contribution in [0.15, 0.2) is 55.5 Å². The Labute approximate surface area is 179 Å². The molecule has 0 aliphatic carbocycles. The van der Waals surface area contributed by atoms with E-state index in [1.165, 1.54) is 18.3 Å². The highest BCUT2D eigenvalue weighted by atomic mass is 32.2. The van der Waals surface area contributed by atoms with Crippen molar-refractivity contribution in [3.63, 3.8) is 0 Å². The third-order valence-corrected chi connectivity index (χ3v) is 7.08. The van der Waals surface area contributed by atoms with Crippen molar-refractivity contribution in [3.05, 3.63) is 36.0 Å². The van der Waals surface area contributed by atoms with Gasteiger partial charge in [-0.2, -0.15) is 5.11 Å². The lowest BCUT2D eigenvalue weighted by molar-refractivity contribution is 0.542. The maximum Gasteiger partial charge on any atom is 0.241 e. The second-order valence-corrected chi connectivity index (χ2v) is 10.1. The van der Waals surface area contributed by atoms with Gasteiger partial charge in [0.15, 0.2) is 12.5 Å². The fourth-order valence-corrected chi connectivity index (χ4v) is 5.62. The van der Waals surface area contributed by atoms with E-state index >= 15 is 0 Å². The minimum absolute atomic E-state index is 0.0164. The number of nitrogens with two attached hydrogens (primary N) is 3. The number of aliphatic imine (C=N–C) groups is 1. The molecule has 2 aromatic rings. The van der Waals surface area contributed by atoms with E-state index in [1.807, 2.05) is 0 Å². The predicted molar refractivity (Wildman–Crippen MR) is 115 cm³/mol. The SMILES string of the molecule is C[C@@H](CN)CNS(=O)(=O)c1ccc(-c2ccc(N)nc2)c(C2=NCN=N2)c1S(N)(=O)=O. The summed E-state index contributed by atoms with van der Waals surface area (Å²) in [5.74, 6) is 0.0378. The molecule has 1 aromatic heterocycles. The first-order chi connectivity index (χ1) is 14.5. The summed E-state index contributed by atoms with van der Waals surface area (Å²) in [5, 5.41) is 13.1. The zero-order chi connectivity index (χ0) is 22.8. The number of nitrogens with zero attached hydrogens (tertiary/aromatic N) is 4. The number of amidine groups is 1. The van der Waals surface area contributed by atoms with Crippen molar-refractivity contribution in [1.82, 2.24) is 9.71 Å². The summed E-state index contributed by atoms with van der Waals surface area (Å²) in [6.45, 7) is 1.99. The number of nitrogens with one attached hydrogen (secondary N) is 1. The summed E-state index contributed by atoms with van der Waals surface area (Å²) in [6.07, 6.45) is 1.42. The first-order valence-electron chi connectivity index (χ1n) is 9.08. The molecule has 0 saturated carbocycles. The van der Waals surface area contributed by atoms with E-state index in [0.717, 1.165) is 6.07 Å². The summed E-state index contributed by atoms with van der Waals surface area (Å²) in [7, 11) is -8.80. The molecule has 0 saturated heterocycles. The quantitative estimate of drug-likeness (QED) is 0.418. The molecule has 0 amide bonds. The van der Waals surface area contributed by atoms with E-state index in [2.05, 4.69) is 24.9 Å². The van der Waals surface area contributed by atoms with Crippen molar-refractivity contribution in [2.75, 3.05) is 25.5 Å². The van der Waals surface area contributed by atoms with Gasteiger partial charge in [0.1, 0.15) is 15.6 Å². The topological polar surface area (TPSA) is 208 Å². The molecule has 0 spiro atoms. The van der Waals surface area contributed by atoms with E-state index in [-0.39, 0.29) is 42.9 Å². The standard InChI is InChI=1S/C17H22N8O4S2/c1-10(6-18)7-24-31(28,29)13-4-3-12(11-2-5-14(19)21-8-11)15(16(13)30(20,26)27)17-22-9-23-25-17/h2-5,8,10,24H,6-7,9,18H2,1H3,(H2,19,21)(H2,20,26,27)/t10-/m0/s1. The second kappa shape index (κ2) is 8.76. The third-order valence-electron chi connectivity index (χ3n) is 4.49. The molecular formula is C17H22N8O4S2. The normalized spacial score (nSPS) is 15.1. The number of hydrogen-bond acceptors (Lipinski definition) is 10. The number of anilines is 1. The number of aromatic nitrogens is 1. The molecule has 0 fully saturated rings. The smallest absolute Gasteiger partial charge is 0.241 e. The third kappa shape index (κ3) is 4.94. The van der Waals surface area contributed by atoms with Crippen LogP contribution in [0.2, 0.25) is 0 Å². The molecule has 3 rings (SSSR count). The molecule has 12 nitrogen and oxygen atoms in total. The van der Waals surface area contributed by atoms with Crippen LogP contribution in [0.3, 0.4) is 0 Å². The van der Waals surface area contributed by atoms with Gasteiger partial charge in [0.05, 0.1) is 5.56 Å². The molecule has 7 N–H and O–H groups in total. The van der Waals surface area contributed by atoms with Gasteiger partial charge in [-0.1, -0.05) is 13.0 Å². The maximum absolute atomic E-state index is 13.0. The van der Waals surface area contributed by atoms with Crippen molar-refractivity contribution >= 4 is 31.7 Å². The molecular weight excluding hydrogens is 444 g/mol. The van der Waals surface area contributed by atoms with Crippen molar-refractivity contribution in [3.8, 4) is 11.1 Å². The van der Waals surface area contributed by atoms with Crippen molar-refractivity contribution < 1.29 is 16.8 Å². The number of pyridine rings is 1. The molecule has 14 heteroatoms. The van der Waals surface area contributed by atoms with Gasteiger partial charge in [-0.3, -0.25) is 0 Å². The first-order valence-corrected chi connectivity index (χ1v) is 12.1. The van der Waals surface area contributed by atoms with E-state index < -0.39 is 29.8 Å². The van der Waals surface area contributed by atoms with Gasteiger partial charge in [-0.15, -0.1) is 5.11 Å². The molecule has 2 heterocycles. The Morgan fingerprint density at radius 1 is 1.16 bits per heavy atom. The largest absolute Gasteiger partial charge is 0.384 e. The van der Waals surface area contributed by atoms with E-state index in [9.17, 15) is 16.8 Å². The Kier molecular flexibility index (Phi) is 6.47. The van der Waals surface area contributed by atoms with Gasteiger partial charge in [-0.05, 0) is 36.2 Å². The zero-order valence-corrected chi connectivity index (χ0v) is 18.2. The Balaban J connectivity index is 2.31. The second-order valence-electron chi connectivity index (χ2n) is 6.89. The summed E-state index contributed by atoms with van der Waals surface area (Å²) < 4.78 is 53.6. The molecule has 1 atom stereocenters. The van der Waals surface area contributed by atoms with Gasteiger partial charge in [0.2, 0.25) is 20.0 Å². The van der Waals surface area contributed by atoms with Gasteiger partial charge >= 0.3 is 0 Å². The number of primary sulfonamides is 1. The number of rotatable bonds is 8. The highest BCUT2D eigenvalue weighted by Gasteiger charge is 2.32. The number of nitrogen functional groups attached to an aromatic ring is 1. The number of benzene rings is 1.